The lowest BCUT2D eigenvalue weighted by atomic mass is 10.2. The van der Waals surface area contributed by atoms with Crippen LogP contribution >= 0.6 is 0 Å². The third kappa shape index (κ3) is 2.83. The van der Waals surface area contributed by atoms with Crippen LogP contribution in [0.5, 0.6) is 5.75 Å². The van der Waals surface area contributed by atoms with Gasteiger partial charge in [-0.05, 0) is 29.8 Å². The molecule has 1 aromatic heterocycles. The standard InChI is InChI=1S/C19H13FN2O/c20-14-6-8-16-18(10-14)22-19-11-15(7-9-17(19)21-16)23-12-13-4-2-1-3-5-13/h1-11H,12H2. The normalized spacial score (nSPS) is 11.0. The van der Waals surface area contributed by atoms with E-state index in [1.54, 1.807) is 6.07 Å². The molecule has 4 rings (SSSR count). The fourth-order valence-electron chi connectivity index (χ4n) is 2.46. The van der Waals surface area contributed by atoms with Gasteiger partial charge in [-0.3, -0.25) is 0 Å². The Balaban J connectivity index is 1.67. The minimum Gasteiger partial charge on any atom is -0.489 e. The predicted octanol–water partition coefficient (Wildman–Crippen LogP) is 4.50. The Morgan fingerprint density at radius 3 is 2.26 bits per heavy atom. The van der Waals surface area contributed by atoms with Crippen molar-refractivity contribution in [3.63, 3.8) is 0 Å². The van der Waals surface area contributed by atoms with Crippen molar-refractivity contribution in [2.75, 3.05) is 0 Å². The van der Waals surface area contributed by atoms with Gasteiger partial charge < -0.3 is 4.74 Å². The summed E-state index contributed by atoms with van der Waals surface area (Å²) >= 11 is 0. The molecule has 0 spiro atoms. The van der Waals surface area contributed by atoms with Crippen molar-refractivity contribution in [1.29, 1.82) is 0 Å². The highest BCUT2D eigenvalue weighted by molar-refractivity contribution is 5.86. The van der Waals surface area contributed by atoms with Gasteiger partial charge in [-0.15, -0.1) is 0 Å². The smallest absolute Gasteiger partial charge is 0.125 e. The number of hydrogen-bond donors (Lipinski definition) is 0. The number of halogens is 1. The Kier molecular flexibility index (Phi) is 3.35. The second-order valence-corrected chi connectivity index (χ2v) is 5.28. The lowest BCUT2D eigenvalue weighted by Crippen LogP contribution is -1.95. The van der Waals surface area contributed by atoms with Crippen LogP contribution in [0.25, 0.3) is 22.1 Å². The number of benzene rings is 3. The molecule has 1 heterocycles. The summed E-state index contributed by atoms with van der Waals surface area (Å²) in [6.07, 6.45) is 0. The molecule has 0 fully saturated rings. The van der Waals surface area contributed by atoms with E-state index < -0.39 is 0 Å². The summed E-state index contributed by atoms with van der Waals surface area (Å²) < 4.78 is 19.1. The van der Waals surface area contributed by atoms with E-state index in [0.29, 0.717) is 28.9 Å². The van der Waals surface area contributed by atoms with Crippen molar-refractivity contribution in [2.24, 2.45) is 0 Å². The van der Waals surface area contributed by atoms with E-state index in [2.05, 4.69) is 9.97 Å². The van der Waals surface area contributed by atoms with Gasteiger partial charge >= 0.3 is 0 Å². The molecule has 0 N–H and O–H groups in total. The van der Waals surface area contributed by atoms with E-state index in [0.717, 1.165) is 11.1 Å². The van der Waals surface area contributed by atoms with Crippen molar-refractivity contribution in [3.05, 3.63) is 78.1 Å². The first-order valence-electron chi connectivity index (χ1n) is 7.32. The Bertz CT molecular complexity index is 986. The van der Waals surface area contributed by atoms with Gasteiger partial charge in [0.1, 0.15) is 18.2 Å². The molecule has 4 aromatic rings. The van der Waals surface area contributed by atoms with Crippen molar-refractivity contribution in [3.8, 4) is 5.75 Å². The molecule has 112 valence electrons. The Hall–Kier alpha value is -3.01. The van der Waals surface area contributed by atoms with E-state index in [1.165, 1.54) is 12.1 Å². The molecule has 0 saturated carbocycles. The molecule has 0 aliphatic heterocycles. The zero-order valence-electron chi connectivity index (χ0n) is 12.2. The molecule has 0 aliphatic carbocycles. The highest BCUT2D eigenvalue weighted by atomic mass is 19.1. The van der Waals surface area contributed by atoms with E-state index >= 15 is 0 Å². The maximum Gasteiger partial charge on any atom is 0.125 e. The molecular weight excluding hydrogens is 291 g/mol. The number of aromatic nitrogens is 2. The van der Waals surface area contributed by atoms with Crippen LogP contribution in [0.15, 0.2) is 66.7 Å². The SMILES string of the molecule is Fc1ccc2nc3ccc(OCc4ccccc4)cc3nc2c1. The fraction of sp³-hybridized carbons (Fsp3) is 0.0526. The molecule has 0 atom stereocenters. The van der Waals surface area contributed by atoms with Gasteiger partial charge in [-0.1, -0.05) is 30.3 Å². The summed E-state index contributed by atoms with van der Waals surface area (Å²) in [4.78, 5) is 8.97. The third-order valence-corrected chi connectivity index (χ3v) is 3.61. The van der Waals surface area contributed by atoms with Gasteiger partial charge in [0.15, 0.2) is 0 Å². The highest BCUT2D eigenvalue weighted by Crippen LogP contribution is 2.22. The number of rotatable bonds is 3. The Morgan fingerprint density at radius 1 is 0.739 bits per heavy atom. The summed E-state index contributed by atoms with van der Waals surface area (Å²) in [6.45, 7) is 0.488. The molecule has 4 heteroatoms. The van der Waals surface area contributed by atoms with E-state index in [-0.39, 0.29) is 5.82 Å². The first kappa shape index (κ1) is 13.6. The second kappa shape index (κ2) is 5.65. The summed E-state index contributed by atoms with van der Waals surface area (Å²) in [5.41, 5.74) is 3.76. The lowest BCUT2D eigenvalue weighted by Gasteiger charge is -2.07. The van der Waals surface area contributed by atoms with Crippen LogP contribution in [0.2, 0.25) is 0 Å². The lowest BCUT2D eigenvalue weighted by molar-refractivity contribution is 0.306. The molecular formula is C19H13FN2O. The number of ether oxygens (including phenoxy) is 1. The van der Waals surface area contributed by atoms with Gasteiger partial charge in [0.2, 0.25) is 0 Å². The topological polar surface area (TPSA) is 35.0 Å². The summed E-state index contributed by atoms with van der Waals surface area (Å²) in [5, 5.41) is 0. The molecule has 23 heavy (non-hydrogen) atoms. The Labute approximate surface area is 132 Å². The molecule has 0 bridgehead atoms. The van der Waals surface area contributed by atoms with E-state index in [9.17, 15) is 4.39 Å². The zero-order chi connectivity index (χ0) is 15.6. The van der Waals surface area contributed by atoms with Gasteiger partial charge in [0, 0.05) is 12.1 Å². The Morgan fingerprint density at radius 2 is 1.43 bits per heavy atom. The third-order valence-electron chi connectivity index (χ3n) is 3.61. The van der Waals surface area contributed by atoms with Crippen molar-refractivity contribution >= 4 is 22.1 Å². The summed E-state index contributed by atoms with van der Waals surface area (Å²) in [6, 6.07) is 19.9. The number of nitrogens with zero attached hydrogens (tertiary/aromatic N) is 2. The maximum absolute atomic E-state index is 13.3. The minimum absolute atomic E-state index is 0.317. The second-order valence-electron chi connectivity index (χ2n) is 5.28. The van der Waals surface area contributed by atoms with Crippen LogP contribution in [-0.4, -0.2) is 9.97 Å². The van der Waals surface area contributed by atoms with Crippen molar-refractivity contribution in [2.45, 2.75) is 6.61 Å². The van der Waals surface area contributed by atoms with Crippen LogP contribution in [0.3, 0.4) is 0 Å². The van der Waals surface area contributed by atoms with Crippen LogP contribution in [0, 0.1) is 5.82 Å². The quantitative estimate of drug-likeness (QED) is 0.523. The molecule has 3 aromatic carbocycles. The molecule has 0 saturated heterocycles. The zero-order valence-corrected chi connectivity index (χ0v) is 12.2. The van der Waals surface area contributed by atoms with E-state index in [4.69, 9.17) is 4.74 Å². The van der Waals surface area contributed by atoms with Gasteiger partial charge in [0.25, 0.3) is 0 Å². The van der Waals surface area contributed by atoms with Gasteiger partial charge in [-0.25, -0.2) is 14.4 Å². The predicted molar refractivity (Wildman–Crippen MR) is 87.8 cm³/mol. The van der Waals surface area contributed by atoms with Gasteiger partial charge in [0.05, 0.1) is 22.1 Å². The average Bonchev–Trinajstić information content (AvgIpc) is 2.59. The molecule has 0 amide bonds. The minimum atomic E-state index is -0.317. The monoisotopic (exact) mass is 304 g/mol. The molecule has 0 aliphatic rings. The fourth-order valence-corrected chi connectivity index (χ4v) is 2.46. The van der Waals surface area contributed by atoms with Crippen LogP contribution in [0.4, 0.5) is 4.39 Å². The summed E-state index contributed by atoms with van der Waals surface area (Å²) in [7, 11) is 0. The molecule has 0 unspecified atom stereocenters. The number of fused-ring (bicyclic) bond motifs is 2. The van der Waals surface area contributed by atoms with Crippen LogP contribution in [0.1, 0.15) is 5.56 Å². The largest absolute Gasteiger partial charge is 0.489 e. The average molecular weight is 304 g/mol. The first-order valence-corrected chi connectivity index (χ1v) is 7.32. The maximum atomic E-state index is 13.3. The van der Waals surface area contributed by atoms with Crippen molar-refractivity contribution < 1.29 is 9.13 Å². The van der Waals surface area contributed by atoms with Crippen LogP contribution in [-0.2, 0) is 6.61 Å². The van der Waals surface area contributed by atoms with Crippen LogP contribution < -0.4 is 4.74 Å². The van der Waals surface area contributed by atoms with Gasteiger partial charge in [-0.2, -0.15) is 0 Å². The van der Waals surface area contributed by atoms with Crippen molar-refractivity contribution in [1.82, 2.24) is 9.97 Å². The number of hydrogen-bond acceptors (Lipinski definition) is 3. The van der Waals surface area contributed by atoms with E-state index in [1.807, 2.05) is 48.5 Å². The molecule has 0 radical (unpaired) electrons. The molecule has 3 nitrogen and oxygen atoms in total. The highest BCUT2D eigenvalue weighted by Gasteiger charge is 2.05. The summed E-state index contributed by atoms with van der Waals surface area (Å²) in [5.74, 6) is 0.397. The first-order chi connectivity index (χ1) is 11.3.